The van der Waals surface area contributed by atoms with Gasteiger partial charge in [-0.15, -0.1) is 0 Å². The summed E-state index contributed by atoms with van der Waals surface area (Å²) < 4.78 is 35.8. The minimum absolute atomic E-state index is 0.0417. The largest absolute Gasteiger partial charge is 0.507 e. The van der Waals surface area contributed by atoms with Gasteiger partial charge in [-0.05, 0) is 72.6 Å². The van der Waals surface area contributed by atoms with E-state index in [1.165, 1.54) is 18.2 Å². The summed E-state index contributed by atoms with van der Waals surface area (Å²) in [6, 6.07) is 5.22. The first-order chi connectivity index (χ1) is 18.7. The average molecular weight is 589 g/mol. The Balaban J connectivity index is 3.14. The lowest BCUT2D eigenvalue weighted by Crippen LogP contribution is -2.47. The van der Waals surface area contributed by atoms with E-state index in [4.69, 9.17) is 32.3 Å². The Hall–Kier alpha value is -1.85. The van der Waals surface area contributed by atoms with E-state index < -0.39 is 23.5 Å². The second-order valence-electron chi connectivity index (χ2n) is 8.56. The van der Waals surface area contributed by atoms with E-state index in [0.717, 1.165) is 0 Å². The third kappa shape index (κ3) is 11.3. The van der Waals surface area contributed by atoms with Crippen molar-refractivity contribution in [3.8, 4) is 5.75 Å². The number of amides is 2. The zero-order chi connectivity index (χ0) is 29.3. The molecule has 0 fully saturated rings. The summed E-state index contributed by atoms with van der Waals surface area (Å²) in [4.78, 5) is 26.8. The summed E-state index contributed by atoms with van der Waals surface area (Å²) in [6.45, 7) is 15.1. The topological polar surface area (TPSA) is 139 Å². The molecular weight excluding hydrogens is 540 g/mol. The number of hydrogen-bond donors (Lipinski definition) is 2. The summed E-state index contributed by atoms with van der Waals surface area (Å²) in [5, 5.41) is 10.3. The molecule has 0 heterocycles. The van der Waals surface area contributed by atoms with E-state index in [-0.39, 0.29) is 22.8 Å². The Bertz CT molecular complexity index is 810. The summed E-state index contributed by atoms with van der Waals surface area (Å²) in [7, 11) is -5.76. The molecule has 0 unspecified atom stereocenters. The molecule has 1 aromatic rings. The number of rotatable bonds is 22. The van der Waals surface area contributed by atoms with E-state index in [2.05, 4.69) is 0 Å². The molecular formula is C26H48N2O9Si2. The standard InChI is InChI=1S/C26H48N2O9Si2/c1-7-32-38(33-8-2,34-9-3)19-13-17-28(18-14-20-39(35-10-4,36-11-5)37-12-6)26(31)22-15-16-23(25(27)30)24(29)21-22/h15-16,21,29H,7-14,17-20H2,1-6H3,(H2,27,30). The maximum absolute atomic E-state index is 13.6. The fourth-order valence-electron chi connectivity index (χ4n) is 4.35. The number of hydrogen-bond acceptors (Lipinski definition) is 9. The van der Waals surface area contributed by atoms with Gasteiger partial charge >= 0.3 is 17.6 Å². The van der Waals surface area contributed by atoms with Crippen LogP contribution in [-0.4, -0.2) is 92.2 Å². The minimum Gasteiger partial charge on any atom is -0.507 e. The number of carbonyl (C=O) groups excluding carboxylic acids is 2. The normalized spacial score (nSPS) is 12.1. The third-order valence-corrected chi connectivity index (χ3v) is 12.1. The lowest BCUT2D eigenvalue weighted by atomic mass is 10.1. The van der Waals surface area contributed by atoms with E-state index in [1.54, 1.807) is 4.90 Å². The Morgan fingerprint density at radius 2 is 1.13 bits per heavy atom. The number of aromatic hydroxyl groups is 1. The molecule has 0 spiro atoms. The summed E-state index contributed by atoms with van der Waals surface area (Å²) in [5.74, 6) is -1.38. The molecule has 0 atom stereocenters. The fraction of sp³-hybridized carbons (Fsp3) is 0.692. The van der Waals surface area contributed by atoms with Crippen LogP contribution in [-0.2, 0) is 26.6 Å². The molecule has 1 rings (SSSR count). The fourth-order valence-corrected chi connectivity index (χ4v) is 9.53. The van der Waals surface area contributed by atoms with Crippen LogP contribution in [0.4, 0.5) is 0 Å². The molecule has 1 aromatic carbocycles. The van der Waals surface area contributed by atoms with Gasteiger partial charge in [0.15, 0.2) is 0 Å². The molecule has 0 aliphatic carbocycles. The van der Waals surface area contributed by atoms with Crippen LogP contribution < -0.4 is 5.73 Å². The van der Waals surface area contributed by atoms with Gasteiger partial charge in [0.2, 0.25) is 0 Å². The number of primary amides is 1. The van der Waals surface area contributed by atoms with Crippen molar-refractivity contribution in [3.05, 3.63) is 29.3 Å². The van der Waals surface area contributed by atoms with Crippen LogP contribution >= 0.6 is 0 Å². The maximum atomic E-state index is 13.6. The summed E-state index contributed by atoms with van der Waals surface area (Å²) in [5.41, 5.74) is 5.51. The van der Waals surface area contributed by atoms with Crippen molar-refractivity contribution in [2.75, 3.05) is 52.7 Å². The number of nitrogens with two attached hydrogens (primary N) is 1. The Kier molecular flexibility index (Phi) is 16.7. The highest BCUT2D eigenvalue weighted by molar-refractivity contribution is 6.61. The Morgan fingerprint density at radius 1 is 0.744 bits per heavy atom. The van der Waals surface area contributed by atoms with Crippen LogP contribution in [0, 0.1) is 0 Å². The van der Waals surface area contributed by atoms with Crippen molar-refractivity contribution < 1.29 is 41.3 Å². The molecule has 0 saturated heterocycles. The van der Waals surface area contributed by atoms with Gasteiger partial charge in [0, 0.05) is 70.4 Å². The second-order valence-corrected chi connectivity index (χ2v) is 14.0. The molecule has 0 aliphatic heterocycles. The van der Waals surface area contributed by atoms with Gasteiger partial charge in [-0.3, -0.25) is 9.59 Å². The molecule has 0 bridgehead atoms. The lowest BCUT2D eigenvalue weighted by molar-refractivity contribution is 0.0641. The zero-order valence-electron chi connectivity index (χ0n) is 24.5. The van der Waals surface area contributed by atoms with Crippen molar-refractivity contribution in [2.45, 2.75) is 66.5 Å². The molecule has 0 saturated carbocycles. The molecule has 224 valence electrons. The first-order valence-electron chi connectivity index (χ1n) is 13.9. The second kappa shape index (κ2) is 18.5. The molecule has 13 heteroatoms. The summed E-state index contributed by atoms with van der Waals surface area (Å²) in [6.07, 6.45) is 1.18. The van der Waals surface area contributed by atoms with Crippen LogP contribution in [0.25, 0.3) is 0 Å². The maximum Gasteiger partial charge on any atom is 0.500 e. The SMILES string of the molecule is CCO[Si](CCCN(CCC[Si](OCC)(OCC)OCC)C(=O)c1ccc(C(N)=O)c(O)c1)(OCC)OCC. The quantitative estimate of drug-likeness (QED) is 0.194. The van der Waals surface area contributed by atoms with Crippen molar-refractivity contribution in [1.82, 2.24) is 4.90 Å². The van der Waals surface area contributed by atoms with Gasteiger partial charge in [0.05, 0.1) is 5.56 Å². The number of phenols is 1. The predicted octanol–water partition coefficient (Wildman–Crippen LogP) is 3.81. The van der Waals surface area contributed by atoms with Crippen LogP contribution in [0.2, 0.25) is 12.1 Å². The first kappa shape index (κ1) is 35.2. The Labute approximate surface area is 235 Å². The van der Waals surface area contributed by atoms with Gasteiger partial charge < -0.3 is 42.3 Å². The van der Waals surface area contributed by atoms with E-state index in [9.17, 15) is 14.7 Å². The lowest BCUT2D eigenvalue weighted by Gasteiger charge is -2.31. The molecule has 11 nitrogen and oxygen atoms in total. The van der Waals surface area contributed by atoms with Crippen LogP contribution in [0.3, 0.4) is 0 Å². The van der Waals surface area contributed by atoms with E-state index in [0.29, 0.717) is 77.7 Å². The van der Waals surface area contributed by atoms with Crippen molar-refractivity contribution in [1.29, 1.82) is 0 Å². The van der Waals surface area contributed by atoms with E-state index in [1.807, 2.05) is 41.5 Å². The Morgan fingerprint density at radius 3 is 1.44 bits per heavy atom. The van der Waals surface area contributed by atoms with Gasteiger partial charge in [-0.2, -0.15) is 0 Å². The molecule has 0 aromatic heterocycles. The van der Waals surface area contributed by atoms with E-state index >= 15 is 0 Å². The third-order valence-electron chi connectivity index (χ3n) is 5.80. The highest BCUT2D eigenvalue weighted by Crippen LogP contribution is 2.23. The first-order valence-corrected chi connectivity index (χ1v) is 17.8. The summed E-state index contributed by atoms with van der Waals surface area (Å²) >= 11 is 0. The van der Waals surface area contributed by atoms with Crippen molar-refractivity contribution in [2.24, 2.45) is 5.73 Å². The molecule has 0 aliphatic rings. The minimum atomic E-state index is -2.88. The molecule has 39 heavy (non-hydrogen) atoms. The van der Waals surface area contributed by atoms with Crippen LogP contribution in [0.5, 0.6) is 5.75 Å². The number of nitrogens with zero attached hydrogens (tertiary/aromatic N) is 1. The van der Waals surface area contributed by atoms with Gasteiger partial charge in [0.1, 0.15) is 5.75 Å². The smallest absolute Gasteiger partial charge is 0.500 e. The monoisotopic (exact) mass is 588 g/mol. The van der Waals surface area contributed by atoms with Crippen LogP contribution in [0.15, 0.2) is 18.2 Å². The molecule has 0 radical (unpaired) electrons. The highest BCUT2D eigenvalue weighted by Gasteiger charge is 2.41. The average Bonchev–Trinajstić information content (AvgIpc) is 2.88. The number of benzene rings is 1. The highest BCUT2D eigenvalue weighted by atomic mass is 28.4. The van der Waals surface area contributed by atoms with Crippen molar-refractivity contribution >= 4 is 29.4 Å². The zero-order valence-corrected chi connectivity index (χ0v) is 26.5. The van der Waals surface area contributed by atoms with Gasteiger partial charge in [-0.1, -0.05) is 0 Å². The molecule has 2 amide bonds. The van der Waals surface area contributed by atoms with Crippen LogP contribution in [0.1, 0.15) is 75.1 Å². The molecule has 3 N–H and O–H groups in total. The predicted molar refractivity (Wildman–Crippen MR) is 153 cm³/mol. The number of carbonyl (C=O) groups is 2. The van der Waals surface area contributed by atoms with Crippen molar-refractivity contribution in [3.63, 3.8) is 0 Å². The van der Waals surface area contributed by atoms with Gasteiger partial charge in [0.25, 0.3) is 11.8 Å². The van der Waals surface area contributed by atoms with Gasteiger partial charge in [-0.25, -0.2) is 0 Å².